The number of hydrogen-bond acceptors (Lipinski definition) is 3. The van der Waals surface area contributed by atoms with Gasteiger partial charge < -0.3 is 15.2 Å². The summed E-state index contributed by atoms with van der Waals surface area (Å²) in [7, 11) is 1.75. The highest BCUT2D eigenvalue weighted by atomic mass is 127. The summed E-state index contributed by atoms with van der Waals surface area (Å²) in [5, 5.41) is 6.63. The molecule has 0 saturated carbocycles. The minimum atomic E-state index is -4.09. The molecular weight excluding hydrogens is 496 g/mol. The van der Waals surface area contributed by atoms with E-state index in [-0.39, 0.29) is 24.0 Å². The normalized spacial score (nSPS) is 16.5. The van der Waals surface area contributed by atoms with Crippen LogP contribution in [0.1, 0.15) is 37.9 Å². The summed E-state index contributed by atoms with van der Waals surface area (Å²) in [6.07, 6.45) is 4.45. The van der Waals surface area contributed by atoms with E-state index in [9.17, 15) is 13.2 Å². The van der Waals surface area contributed by atoms with E-state index in [1.54, 1.807) is 7.05 Å². The lowest BCUT2D eigenvalue weighted by molar-refractivity contribution is -0.148. The monoisotopic (exact) mass is 530 g/mol. The summed E-state index contributed by atoms with van der Waals surface area (Å²) >= 11 is 0. The molecule has 0 radical (unpaired) electrons. The van der Waals surface area contributed by atoms with Gasteiger partial charge in [0.25, 0.3) is 0 Å². The Kier molecular flexibility index (Phi) is 11.9. The fourth-order valence-corrected chi connectivity index (χ4v) is 3.56. The number of piperidine rings is 1. The van der Waals surface area contributed by atoms with E-state index in [1.165, 1.54) is 4.90 Å². The maximum atomic E-state index is 12.4. The third-order valence-corrected chi connectivity index (χ3v) is 5.22. The minimum Gasteiger partial charge on any atom is -0.356 e. The molecule has 2 rings (SSSR count). The largest absolute Gasteiger partial charge is 0.401 e. The summed E-state index contributed by atoms with van der Waals surface area (Å²) in [6.45, 7) is 4.90. The number of hydrogen-bond donors (Lipinski definition) is 2. The van der Waals surface area contributed by atoms with E-state index in [1.807, 2.05) is 19.3 Å². The molecule has 0 aliphatic carbocycles. The highest BCUT2D eigenvalue weighted by Gasteiger charge is 2.32. The summed E-state index contributed by atoms with van der Waals surface area (Å²) in [5.41, 5.74) is 0. The Morgan fingerprint density at radius 1 is 1.21 bits per heavy atom. The fourth-order valence-electron chi connectivity index (χ4n) is 3.56. The van der Waals surface area contributed by atoms with Crippen LogP contribution in [0, 0.1) is 12.8 Å². The van der Waals surface area contributed by atoms with Gasteiger partial charge in [-0.15, -0.1) is 24.0 Å². The highest BCUT2D eigenvalue weighted by molar-refractivity contribution is 14.0. The molecule has 168 valence electrons. The second-order valence-electron chi connectivity index (χ2n) is 7.42. The third-order valence-electron chi connectivity index (χ3n) is 5.22. The second kappa shape index (κ2) is 13.3. The van der Waals surface area contributed by atoms with Crippen molar-refractivity contribution >= 4 is 29.9 Å². The van der Waals surface area contributed by atoms with E-state index in [0.29, 0.717) is 19.0 Å². The van der Waals surface area contributed by atoms with Gasteiger partial charge in [0.05, 0.1) is 6.54 Å². The molecule has 1 saturated heterocycles. The Morgan fingerprint density at radius 2 is 1.90 bits per heavy atom. The van der Waals surface area contributed by atoms with Crippen molar-refractivity contribution in [3.63, 3.8) is 0 Å². The lowest BCUT2D eigenvalue weighted by Crippen LogP contribution is -2.41. The molecule has 0 bridgehead atoms. The first kappa shape index (κ1) is 26.0. The molecule has 0 spiro atoms. The zero-order chi connectivity index (χ0) is 20.4. The molecule has 1 aromatic heterocycles. The topological polar surface area (TPSA) is 57.5 Å². The standard InChI is InChI=1S/C19H33F3N6.HI/c1-16-24-10-14-28(16)11-4-3-8-25-18(23-2)26-9-5-17-6-12-27(13-7-17)15-19(20,21)22;/h10,14,17H,3-9,11-13,15H2,1-2H3,(H2,23,25,26);1H. The van der Waals surface area contributed by atoms with Crippen molar-refractivity contribution in [3.8, 4) is 0 Å². The van der Waals surface area contributed by atoms with Crippen molar-refractivity contribution in [1.29, 1.82) is 0 Å². The second-order valence-corrected chi connectivity index (χ2v) is 7.42. The van der Waals surface area contributed by atoms with Gasteiger partial charge in [-0.1, -0.05) is 0 Å². The number of aromatic nitrogens is 2. The molecule has 1 aromatic rings. The molecule has 0 unspecified atom stereocenters. The van der Waals surface area contributed by atoms with Crippen molar-refractivity contribution < 1.29 is 13.2 Å². The van der Waals surface area contributed by atoms with Crippen LogP contribution in [-0.2, 0) is 6.54 Å². The zero-order valence-corrected chi connectivity index (χ0v) is 19.7. The van der Waals surface area contributed by atoms with Crippen LogP contribution in [0.2, 0.25) is 0 Å². The molecular formula is C19H34F3IN6. The minimum absolute atomic E-state index is 0. The summed E-state index contributed by atoms with van der Waals surface area (Å²) in [5.74, 6) is 2.30. The van der Waals surface area contributed by atoms with Gasteiger partial charge in [-0.25, -0.2) is 4.98 Å². The Bertz CT molecular complexity index is 597. The van der Waals surface area contributed by atoms with E-state index >= 15 is 0 Å². The first-order valence-electron chi connectivity index (χ1n) is 10.1. The van der Waals surface area contributed by atoms with Crippen LogP contribution in [0.15, 0.2) is 17.4 Å². The van der Waals surface area contributed by atoms with Crippen LogP contribution < -0.4 is 10.6 Å². The number of rotatable bonds is 9. The zero-order valence-electron chi connectivity index (χ0n) is 17.3. The average Bonchev–Trinajstić information content (AvgIpc) is 3.05. The van der Waals surface area contributed by atoms with Crippen molar-refractivity contribution in [2.75, 3.05) is 39.8 Å². The van der Waals surface area contributed by atoms with Gasteiger partial charge in [0.15, 0.2) is 5.96 Å². The summed E-state index contributed by atoms with van der Waals surface area (Å²) < 4.78 is 39.4. The number of nitrogens with zero attached hydrogens (tertiary/aromatic N) is 4. The van der Waals surface area contributed by atoms with Gasteiger partial charge >= 0.3 is 6.18 Å². The fraction of sp³-hybridized carbons (Fsp3) is 0.789. The number of alkyl halides is 3. The summed E-state index contributed by atoms with van der Waals surface area (Å²) in [6, 6.07) is 0. The Hall–Kier alpha value is -1.04. The average molecular weight is 530 g/mol. The van der Waals surface area contributed by atoms with E-state index in [0.717, 1.165) is 63.5 Å². The number of halogens is 4. The van der Waals surface area contributed by atoms with E-state index in [2.05, 4.69) is 25.2 Å². The number of unbranched alkanes of at least 4 members (excludes halogenated alkanes) is 1. The van der Waals surface area contributed by atoms with E-state index < -0.39 is 12.7 Å². The van der Waals surface area contributed by atoms with Gasteiger partial charge in [-0.2, -0.15) is 13.2 Å². The van der Waals surface area contributed by atoms with Crippen molar-refractivity contribution in [1.82, 2.24) is 25.1 Å². The van der Waals surface area contributed by atoms with Crippen LogP contribution in [0.3, 0.4) is 0 Å². The summed E-state index contributed by atoms with van der Waals surface area (Å²) in [4.78, 5) is 9.95. The van der Waals surface area contributed by atoms with Gasteiger partial charge in [-0.3, -0.25) is 9.89 Å². The van der Waals surface area contributed by atoms with Crippen molar-refractivity contribution in [2.45, 2.75) is 51.7 Å². The Labute approximate surface area is 188 Å². The van der Waals surface area contributed by atoms with Gasteiger partial charge in [0, 0.05) is 39.1 Å². The number of guanidine groups is 1. The predicted octanol–water partition coefficient (Wildman–Crippen LogP) is 3.42. The van der Waals surface area contributed by atoms with Crippen LogP contribution in [-0.4, -0.2) is 66.4 Å². The van der Waals surface area contributed by atoms with Crippen molar-refractivity contribution in [3.05, 3.63) is 18.2 Å². The quantitative estimate of drug-likeness (QED) is 0.223. The molecule has 6 nitrogen and oxygen atoms in total. The first-order chi connectivity index (χ1) is 13.4. The van der Waals surface area contributed by atoms with Crippen LogP contribution in [0.25, 0.3) is 0 Å². The Morgan fingerprint density at radius 3 is 2.48 bits per heavy atom. The Balaban J connectivity index is 0.00000420. The molecule has 0 aromatic carbocycles. The van der Waals surface area contributed by atoms with E-state index in [4.69, 9.17) is 0 Å². The number of likely N-dealkylation sites (tertiary alicyclic amines) is 1. The van der Waals surface area contributed by atoms with Gasteiger partial charge in [-0.05, 0) is 58.0 Å². The maximum absolute atomic E-state index is 12.4. The van der Waals surface area contributed by atoms with Crippen LogP contribution in [0.4, 0.5) is 13.2 Å². The molecule has 10 heteroatoms. The molecule has 0 atom stereocenters. The molecule has 1 aliphatic rings. The SMILES string of the molecule is CN=C(NCCCCn1ccnc1C)NCCC1CCN(CC(F)(F)F)CC1.I. The molecule has 1 aliphatic heterocycles. The van der Waals surface area contributed by atoms with Crippen LogP contribution >= 0.6 is 24.0 Å². The van der Waals surface area contributed by atoms with Gasteiger partial charge in [0.1, 0.15) is 5.82 Å². The first-order valence-corrected chi connectivity index (χ1v) is 10.1. The van der Waals surface area contributed by atoms with Crippen molar-refractivity contribution in [2.24, 2.45) is 10.9 Å². The number of imidazole rings is 1. The number of nitrogens with one attached hydrogen (secondary N) is 2. The van der Waals surface area contributed by atoms with Gasteiger partial charge in [0.2, 0.25) is 0 Å². The maximum Gasteiger partial charge on any atom is 0.401 e. The highest BCUT2D eigenvalue weighted by Crippen LogP contribution is 2.23. The molecule has 0 amide bonds. The molecule has 2 heterocycles. The smallest absolute Gasteiger partial charge is 0.356 e. The third kappa shape index (κ3) is 10.5. The lowest BCUT2D eigenvalue weighted by Gasteiger charge is -2.32. The lowest BCUT2D eigenvalue weighted by atomic mass is 9.93. The molecule has 29 heavy (non-hydrogen) atoms. The number of aryl methyl sites for hydroxylation is 2. The molecule has 2 N–H and O–H groups in total. The molecule has 1 fully saturated rings. The van der Waals surface area contributed by atoms with Crippen LogP contribution in [0.5, 0.6) is 0 Å². The predicted molar refractivity (Wildman–Crippen MR) is 121 cm³/mol. The number of aliphatic imine (C=N–C) groups is 1.